The van der Waals surface area contributed by atoms with Gasteiger partial charge in [-0.2, -0.15) is 0 Å². The summed E-state index contributed by atoms with van der Waals surface area (Å²) in [5.74, 6) is 1.02. The summed E-state index contributed by atoms with van der Waals surface area (Å²) >= 11 is 0. The normalized spacial score (nSPS) is 9.95. The molecule has 1 aromatic rings. The Labute approximate surface area is 140 Å². The van der Waals surface area contributed by atoms with Crippen LogP contribution in [0, 0.1) is 6.92 Å². The van der Waals surface area contributed by atoms with Gasteiger partial charge in [0.25, 0.3) is 0 Å². The van der Waals surface area contributed by atoms with Gasteiger partial charge in [-0.05, 0) is 44.4 Å². The summed E-state index contributed by atoms with van der Waals surface area (Å²) in [7, 11) is 1.67. The van der Waals surface area contributed by atoms with E-state index in [9.17, 15) is 4.79 Å². The van der Waals surface area contributed by atoms with Crippen LogP contribution in [0.15, 0.2) is 18.2 Å². The van der Waals surface area contributed by atoms with E-state index in [1.54, 1.807) is 7.11 Å². The van der Waals surface area contributed by atoms with Crippen molar-refractivity contribution in [2.75, 3.05) is 20.2 Å². The van der Waals surface area contributed by atoms with Crippen molar-refractivity contribution >= 4 is 18.3 Å². The first-order valence-corrected chi connectivity index (χ1v) is 7.77. The molecule has 0 aromatic heterocycles. The second-order valence-corrected chi connectivity index (χ2v) is 5.37. The number of nitrogens with one attached hydrogen (secondary N) is 1. The van der Waals surface area contributed by atoms with Gasteiger partial charge in [-0.15, -0.1) is 12.4 Å². The van der Waals surface area contributed by atoms with Crippen molar-refractivity contribution in [2.45, 2.75) is 45.4 Å². The Morgan fingerprint density at radius 2 is 1.95 bits per heavy atom. The third-order valence-corrected chi connectivity index (χ3v) is 3.51. The Bertz CT molecular complexity index is 439. The lowest BCUT2D eigenvalue weighted by atomic mass is 10.1. The van der Waals surface area contributed by atoms with Crippen LogP contribution in [0.1, 0.15) is 43.2 Å². The van der Waals surface area contributed by atoms with Gasteiger partial charge in [0.15, 0.2) is 0 Å². The zero-order chi connectivity index (χ0) is 15.5. The van der Waals surface area contributed by atoms with E-state index in [-0.39, 0.29) is 18.3 Å². The molecule has 0 heterocycles. The van der Waals surface area contributed by atoms with Gasteiger partial charge >= 0.3 is 0 Å². The summed E-state index contributed by atoms with van der Waals surface area (Å²) < 4.78 is 5.34. The molecular weight excluding hydrogens is 300 g/mol. The molecule has 0 aliphatic heterocycles. The highest BCUT2D eigenvalue weighted by molar-refractivity contribution is 5.85. The minimum atomic E-state index is 0. The third kappa shape index (κ3) is 8.25. The number of halogens is 1. The zero-order valence-electron chi connectivity index (χ0n) is 13.7. The Kier molecular flexibility index (Phi) is 11.6. The van der Waals surface area contributed by atoms with Crippen molar-refractivity contribution < 1.29 is 9.53 Å². The average Bonchev–Trinajstić information content (AvgIpc) is 2.47. The summed E-state index contributed by atoms with van der Waals surface area (Å²) in [5.41, 5.74) is 7.78. The highest BCUT2D eigenvalue weighted by Crippen LogP contribution is 2.19. The van der Waals surface area contributed by atoms with E-state index < -0.39 is 0 Å². The summed E-state index contributed by atoms with van der Waals surface area (Å²) in [6.07, 6.45) is 5.59. The van der Waals surface area contributed by atoms with Crippen LogP contribution < -0.4 is 15.8 Å². The molecule has 1 aromatic carbocycles. The lowest BCUT2D eigenvalue weighted by Gasteiger charge is -2.10. The molecule has 126 valence electrons. The van der Waals surface area contributed by atoms with Crippen LogP contribution in [-0.4, -0.2) is 26.1 Å². The van der Waals surface area contributed by atoms with Gasteiger partial charge in [0, 0.05) is 13.0 Å². The van der Waals surface area contributed by atoms with Crippen LogP contribution >= 0.6 is 12.4 Å². The number of carbonyl (C=O) groups excluding carboxylic acids is 1. The first-order chi connectivity index (χ1) is 10.2. The Morgan fingerprint density at radius 3 is 2.64 bits per heavy atom. The smallest absolute Gasteiger partial charge is 0.220 e. The van der Waals surface area contributed by atoms with E-state index in [1.165, 1.54) is 5.56 Å². The molecule has 0 radical (unpaired) electrons. The van der Waals surface area contributed by atoms with E-state index >= 15 is 0 Å². The molecule has 0 unspecified atom stereocenters. The number of hydrogen-bond donors (Lipinski definition) is 2. The fourth-order valence-electron chi connectivity index (χ4n) is 2.31. The molecule has 0 fully saturated rings. The number of unbranched alkanes of at least 4 members (excludes halogenated alkanes) is 3. The zero-order valence-corrected chi connectivity index (χ0v) is 14.5. The van der Waals surface area contributed by atoms with Crippen LogP contribution in [0.25, 0.3) is 0 Å². The molecule has 4 nitrogen and oxygen atoms in total. The molecule has 0 bridgehead atoms. The van der Waals surface area contributed by atoms with E-state index in [0.29, 0.717) is 13.0 Å². The van der Waals surface area contributed by atoms with Crippen molar-refractivity contribution in [1.82, 2.24) is 5.32 Å². The Balaban J connectivity index is 0.00000441. The number of carbonyl (C=O) groups is 1. The monoisotopic (exact) mass is 328 g/mol. The van der Waals surface area contributed by atoms with E-state index in [2.05, 4.69) is 18.3 Å². The predicted octanol–water partition coefficient (Wildman–Crippen LogP) is 2.99. The highest BCUT2D eigenvalue weighted by Gasteiger charge is 2.05. The maximum absolute atomic E-state index is 11.7. The molecule has 5 heteroatoms. The SMILES string of the molecule is COc1ccc(C)cc1CCNC(=O)CCCCCCN.Cl. The average molecular weight is 329 g/mol. The topological polar surface area (TPSA) is 64.3 Å². The maximum atomic E-state index is 11.7. The second kappa shape index (κ2) is 12.3. The number of aryl methyl sites for hydroxylation is 1. The van der Waals surface area contributed by atoms with Crippen molar-refractivity contribution in [3.05, 3.63) is 29.3 Å². The number of benzene rings is 1. The molecule has 0 aliphatic carbocycles. The van der Waals surface area contributed by atoms with Crippen LogP contribution in [0.4, 0.5) is 0 Å². The van der Waals surface area contributed by atoms with Crippen molar-refractivity contribution in [2.24, 2.45) is 5.73 Å². The van der Waals surface area contributed by atoms with Crippen LogP contribution in [0.2, 0.25) is 0 Å². The fraction of sp³-hybridized carbons (Fsp3) is 0.588. The summed E-state index contributed by atoms with van der Waals surface area (Å²) in [5, 5.41) is 2.97. The van der Waals surface area contributed by atoms with Gasteiger partial charge in [0.05, 0.1) is 7.11 Å². The number of amides is 1. The Morgan fingerprint density at radius 1 is 1.23 bits per heavy atom. The maximum Gasteiger partial charge on any atom is 0.220 e. The van der Waals surface area contributed by atoms with Crippen molar-refractivity contribution in [3.63, 3.8) is 0 Å². The molecule has 0 atom stereocenters. The predicted molar refractivity (Wildman–Crippen MR) is 93.8 cm³/mol. The lowest BCUT2D eigenvalue weighted by molar-refractivity contribution is -0.121. The van der Waals surface area contributed by atoms with Crippen molar-refractivity contribution in [3.8, 4) is 5.75 Å². The quantitative estimate of drug-likeness (QED) is 0.649. The number of hydrogen-bond acceptors (Lipinski definition) is 3. The van der Waals surface area contributed by atoms with E-state index in [1.807, 2.05) is 12.1 Å². The van der Waals surface area contributed by atoms with Gasteiger partial charge in [-0.1, -0.05) is 30.5 Å². The number of methoxy groups -OCH3 is 1. The lowest BCUT2D eigenvalue weighted by Crippen LogP contribution is -2.25. The molecule has 22 heavy (non-hydrogen) atoms. The molecular formula is C17H29ClN2O2. The summed E-state index contributed by atoms with van der Waals surface area (Å²) in [6.45, 7) is 3.45. The number of rotatable bonds is 10. The molecule has 3 N–H and O–H groups in total. The van der Waals surface area contributed by atoms with Crippen LogP contribution in [0.5, 0.6) is 5.75 Å². The Hall–Kier alpha value is -1.26. The summed E-state index contributed by atoms with van der Waals surface area (Å²) in [6, 6.07) is 6.12. The van der Waals surface area contributed by atoms with E-state index in [0.717, 1.165) is 50.0 Å². The first-order valence-electron chi connectivity index (χ1n) is 7.77. The fourth-order valence-corrected chi connectivity index (χ4v) is 2.31. The molecule has 1 rings (SSSR count). The molecule has 0 saturated heterocycles. The molecule has 0 aliphatic rings. The van der Waals surface area contributed by atoms with Gasteiger partial charge in [0.1, 0.15) is 5.75 Å². The third-order valence-electron chi connectivity index (χ3n) is 3.51. The second-order valence-electron chi connectivity index (χ2n) is 5.37. The molecule has 0 saturated carbocycles. The largest absolute Gasteiger partial charge is 0.496 e. The molecule has 0 spiro atoms. The van der Waals surface area contributed by atoms with Gasteiger partial charge < -0.3 is 15.8 Å². The van der Waals surface area contributed by atoms with Crippen LogP contribution in [0.3, 0.4) is 0 Å². The number of nitrogens with two attached hydrogens (primary N) is 1. The molecule has 1 amide bonds. The van der Waals surface area contributed by atoms with Gasteiger partial charge in [0.2, 0.25) is 5.91 Å². The highest BCUT2D eigenvalue weighted by atomic mass is 35.5. The minimum Gasteiger partial charge on any atom is -0.496 e. The summed E-state index contributed by atoms with van der Waals surface area (Å²) in [4.78, 5) is 11.7. The van der Waals surface area contributed by atoms with Gasteiger partial charge in [-0.3, -0.25) is 4.79 Å². The van der Waals surface area contributed by atoms with Crippen LogP contribution in [-0.2, 0) is 11.2 Å². The standard InChI is InChI=1S/C17H28N2O2.ClH/c1-14-8-9-16(21-2)15(13-14)10-12-19-17(20)7-5-3-4-6-11-18;/h8-9,13H,3-7,10-12,18H2,1-2H3,(H,19,20);1H. The van der Waals surface area contributed by atoms with Crippen molar-refractivity contribution in [1.29, 1.82) is 0 Å². The minimum absolute atomic E-state index is 0. The van der Waals surface area contributed by atoms with Gasteiger partial charge in [-0.25, -0.2) is 0 Å². The van der Waals surface area contributed by atoms with E-state index in [4.69, 9.17) is 10.5 Å². The first kappa shape index (κ1) is 20.7. The number of ether oxygens (including phenoxy) is 1.